The summed E-state index contributed by atoms with van der Waals surface area (Å²) in [6.45, 7) is 7.28. The van der Waals surface area contributed by atoms with E-state index >= 15 is 0 Å². The minimum atomic E-state index is -0.0553. The molecule has 3 heteroatoms. The Labute approximate surface area is 141 Å². The Kier molecular flexibility index (Phi) is 3.61. The van der Waals surface area contributed by atoms with Crippen LogP contribution in [0.3, 0.4) is 0 Å². The highest BCUT2D eigenvalue weighted by Crippen LogP contribution is 2.66. The van der Waals surface area contributed by atoms with E-state index in [2.05, 4.69) is 25.9 Å². The number of hydrogen-bond donors (Lipinski definition) is 2. The van der Waals surface area contributed by atoms with E-state index in [0.29, 0.717) is 11.3 Å². The maximum atomic E-state index is 10.5. The van der Waals surface area contributed by atoms with Crippen LogP contribution in [0, 0.1) is 40.4 Å². The minimum absolute atomic E-state index is 0.0553. The SMILES string of the molecule is C[C@@H]1C[C@@]2(C)[C@@H](CC[C@@H]3[C@@H]2CC[C@]2(C)[C@@H](O)CC[C@@H]32)C/C1=N\N. The average molecular weight is 319 g/mol. The van der Waals surface area contributed by atoms with Crippen molar-refractivity contribution in [1.29, 1.82) is 0 Å². The van der Waals surface area contributed by atoms with Gasteiger partial charge in [-0.05, 0) is 91.8 Å². The molecule has 3 nitrogen and oxygen atoms in total. The van der Waals surface area contributed by atoms with Crippen LogP contribution in [-0.2, 0) is 0 Å². The van der Waals surface area contributed by atoms with Crippen LogP contribution in [0.15, 0.2) is 5.10 Å². The number of nitrogens with two attached hydrogens (primary N) is 1. The Bertz CT molecular complexity index is 518. The highest BCUT2D eigenvalue weighted by Gasteiger charge is 2.60. The van der Waals surface area contributed by atoms with Crippen LogP contribution in [-0.4, -0.2) is 16.9 Å². The second-order valence-electron chi connectivity index (χ2n) is 9.72. The predicted octanol–water partition coefficient (Wildman–Crippen LogP) is 3.95. The first kappa shape index (κ1) is 15.9. The smallest absolute Gasteiger partial charge is 0.0596 e. The predicted molar refractivity (Wildman–Crippen MR) is 93.9 cm³/mol. The van der Waals surface area contributed by atoms with Gasteiger partial charge in [-0.25, -0.2) is 0 Å². The number of aliphatic hydroxyl groups excluding tert-OH is 1. The molecule has 0 aliphatic heterocycles. The number of fused-ring (bicyclic) bond motifs is 5. The van der Waals surface area contributed by atoms with Crippen LogP contribution < -0.4 is 5.84 Å². The highest BCUT2D eigenvalue weighted by atomic mass is 16.3. The van der Waals surface area contributed by atoms with E-state index < -0.39 is 0 Å². The molecule has 0 aromatic carbocycles. The molecule has 4 aliphatic carbocycles. The summed E-state index contributed by atoms with van der Waals surface area (Å²) in [4.78, 5) is 0. The van der Waals surface area contributed by atoms with Gasteiger partial charge in [0.2, 0.25) is 0 Å². The summed E-state index contributed by atoms with van der Waals surface area (Å²) in [5.74, 6) is 9.43. The van der Waals surface area contributed by atoms with Gasteiger partial charge < -0.3 is 10.9 Å². The van der Waals surface area contributed by atoms with Gasteiger partial charge in [0.05, 0.1) is 6.10 Å². The Morgan fingerprint density at radius 2 is 1.78 bits per heavy atom. The zero-order chi connectivity index (χ0) is 16.4. The molecule has 4 aliphatic rings. The van der Waals surface area contributed by atoms with Crippen LogP contribution in [0.4, 0.5) is 0 Å². The lowest BCUT2D eigenvalue weighted by Gasteiger charge is -2.61. The third-order valence-corrected chi connectivity index (χ3v) is 8.95. The van der Waals surface area contributed by atoms with Gasteiger partial charge in [-0.3, -0.25) is 0 Å². The lowest BCUT2D eigenvalue weighted by Crippen LogP contribution is -2.55. The largest absolute Gasteiger partial charge is 0.393 e. The van der Waals surface area contributed by atoms with Gasteiger partial charge >= 0.3 is 0 Å². The fourth-order valence-electron chi connectivity index (χ4n) is 7.57. The average Bonchev–Trinajstić information content (AvgIpc) is 2.82. The summed E-state index contributed by atoms with van der Waals surface area (Å²) < 4.78 is 0. The maximum Gasteiger partial charge on any atom is 0.0596 e. The molecule has 8 atom stereocenters. The highest BCUT2D eigenvalue weighted by molar-refractivity contribution is 5.87. The quantitative estimate of drug-likeness (QED) is 0.525. The first-order valence-electron chi connectivity index (χ1n) is 9.85. The Morgan fingerprint density at radius 3 is 2.52 bits per heavy atom. The van der Waals surface area contributed by atoms with E-state index in [0.717, 1.165) is 36.5 Å². The van der Waals surface area contributed by atoms with Gasteiger partial charge in [-0.2, -0.15) is 5.10 Å². The van der Waals surface area contributed by atoms with E-state index in [9.17, 15) is 5.11 Å². The third kappa shape index (κ3) is 2.08. The number of rotatable bonds is 0. The molecule has 130 valence electrons. The fourth-order valence-corrected chi connectivity index (χ4v) is 7.57. The van der Waals surface area contributed by atoms with Crippen molar-refractivity contribution < 1.29 is 5.11 Å². The molecule has 0 spiro atoms. The first-order valence-corrected chi connectivity index (χ1v) is 9.85. The molecule has 3 N–H and O–H groups in total. The Morgan fingerprint density at radius 1 is 1.04 bits per heavy atom. The number of hydrogen-bond acceptors (Lipinski definition) is 3. The van der Waals surface area contributed by atoms with E-state index in [1.54, 1.807) is 0 Å². The van der Waals surface area contributed by atoms with Gasteiger partial charge in [0.25, 0.3) is 0 Å². The molecule has 4 fully saturated rings. The molecular formula is C20H34N2O. The van der Waals surface area contributed by atoms with Crippen molar-refractivity contribution in [3.63, 3.8) is 0 Å². The molecule has 0 saturated heterocycles. The van der Waals surface area contributed by atoms with Crippen LogP contribution in [0.25, 0.3) is 0 Å². The fraction of sp³-hybridized carbons (Fsp3) is 0.950. The molecule has 0 radical (unpaired) electrons. The van der Waals surface area contributed by atoms with E-state index in [1.807, 2.05) is 0 Å². The molecule has 4 rings (SSSR count). The standard InChI is InChI=1S/C20H34N2O/c1-12-11-20(3)13(10-17(12)22-21)4-5-14-15-6-7-18(23)19(15,2)9-8-16(14)20/h12-16,18,23H,4-11,21H2,1-3H3/b22-17+/t12-,13+,14+,15+,16+,18+,19+,20+/m1/s1. The molecule has 0 unspecified atom stereocenters. The van der Waals surface area contributed by atoms with E-state index in [4.69, 9.17) is 5.84 Å². The van der Waals surface area contributed by atoms with Crippen molar-refractivity contribution >= 4 is 5.71 Å². The minimum Gasteiger partial charge on any atom is -0.393 e. The molecule has 0 amide bonds. The topological polar surface area (TPSA) is 58.6 Å². The molecule has 4 saturated carbocycles. The van der Waals surface area contributed by atoms with Crippen LogP contribution in [0.5, 0.6) is 0 Å². The van der Waals surface area contributed by atoms with Crippen LogP contribution in [0.1, 0.15) is 72.1 Å². The van der Waals surface area contributed by atoms with Crippen LogP contribution >= 0.6 is 0 Å². The summed E-state index contributed by atoms with van der Waals surface area (Å²) in [5, 5.41) is 14.7. The maximum absolute atomic E-state index is 10.5. The van der Waals surface area contributed by atoms with Crippen molar-refractivity contribution in [2.24, 2.45) is 51.4 Å². The second kappa shape index (κ2) is 5.21. The summed E-state index contributed by atoms with van der Waals surface area (Å²) in [6.07, 6.45) is 9.88. The Hall–Kier alpha value is -0.570. The lowest BCUT2D eigenvalue weighted by molar-refractivity contribution is -0.116. The number of hydrazone groups is 1. The van der Waals surface area contributed by atoms with Gasteiger partial charge in [-0.1, -0.05) is 20.8 Å². The van der Waals surface area contributed by atoms with Crippen molar-refractivity contribution in [2.45, 2.75) is 78.2 Å². The monoisotopic (exact) mass is 318 g/mol. The summed E-state index contributed by atoms with van der Waals surface area (Å²) in [7, 11) is 0. The normalized spacial score (nSPS) is 57.7. The lowest BCUT2D eigenvalue weighted by atomic mass is 9.44. The van der Waals surface area contributed by atoms with Crippen molar-refractivity contribution in [3.05, 3.63) is 0 Å². The second-order valence-corrected chi connectivity index (χ2v) is 9.72. The molecule has 0 aromatic rings. The summed E-state index contributed by atoms with van der Waals surface area (Å²) in [6, 6.07) is 0. The summed E-state index contributed by atoms with van der Waals surface area (Å²) >= 11 is 0. The number of aliphatic hydroxyl groups is 1. The van der Waals surface area contributed by atoms with Gasteiger partial charge in [0.15, 0.2) is 0 Å². The molecule has 0 bridgehead atoms. The van der Waals surface area contributed by atoms with Gasteiger partial charge in [0, 0.05) is 5.71 Å². The summed E-state index contributed by atoms with van der Waals surface area (Å²) in [5.41, 5.74) is 1.92. The van der Waals surface area contributed by atoms with Crippen molar-refractivity contribution in [3.8, 4) is 0 Å². The van der Waals surface area contributed by atoms with Gasteiger partial charge in [0.1, 0.15) is 0 Å². The Balaban J connectivity index is 1.63. The van der Waals surface area contributed by atoms with Crippen molar-refractivity contribution in [2.75, 3.05) is 0 Å². The molecule has 23 heavy (non-hydrogen) atoms. The molecule has 0 aromatic heterocycles. The van der Waals surface area contributed by atoms with Crippen molar-refractivity contribution in [1.82, 2.24) is 0 Å². The van der Waals surface area contributed by atoms with E-state index in [1.165, 1.54) is 44.2 Å². The van der Waals surface area contributed by atoms with Gasteiger partial charge in [-0.15, -0.1) is 0 Å². The molecular weight excluding hydrogens is 284 g/mol. The first-order chi connectivity index (χ1) is 10.9. The zero-order valence-electron chi connectivity index (χ0n) is 15.1. The zero-order valence-corrected chi connectivity index (χ0v) is 15.1. The van der Waals surface area contributed by atoms with Crippen LogP contribution in [0.2, 0.25) is 0 Å². The van der Waals surface area contributed by atoms with E-state index in [-0.39, 0.29) is 11.5 Å². The number of nitrogens with zero attached hydrogens (tertiary/aromatic N) is 1. The third-order valence-electron chi connectivity index (χ3n) is 8.95. The molecule has 0 heterocycles.